The molecule has 0 bridgehead atoms. The molecular formula is C15H19N3O. The number of benzene rings is 1. The Bertz CT molecular complexity index is 596. The molecule has 1 aromatic heterocycles. The predicted molar refractivity (Wildman–Crippen MR) is 76.7 cm³/mol. The molecule has 1 aliphatic rings. The highest BCUT2D eigenvalue weighted by molar-refractivity contribution is 6.09. The molecule has 1 saturated heterocycles. The Labute approximate surface area is 112 Å². The minimum Gasteiger partial charge on any atom is -0.360 e. The minimum atomic E-state index is 0.207. The maximum atomic E-state index is 12.4. The minimum absolute atomic E-state index is 0.207. The van der Waals surface area contributed by atoms with Crippen LogP contribution in [0.15, 0.2) is 24.4 Å². The van der Waals surface area contributed by atoms with Gasteiger partial charge in [0.1, 0.15) is 0 Å². The number of aryl methyl sites for hydroxylation is 1. The number of carbonyl (C=O) groups is 1. The number of hydrogen-bond donors (Lipinski definition) is 2. The molecule has 1 aliphatic heterocycles. The van der Waals surface area contributed by atoms with E-state index < -0.39 is 0 Å². The Morgan fingerprint density at radius 1 is 1.32 bits per heavy atom. The normalized spacial score (nSPS) is 16.9. The summed E-state index contributed by atoms with van der Waals surface area (Å²) in [6.45, 7) is 6.42. The monoisotopic (exact) mass is 257 g/mol. The van der Waals surface area contributed by atoms with Crippen molar-refractivity contribution in [1.29, 1.82) is 0 Å². The molecule has 1 aromatic carbocycles. The third-order valence-corrected chi connectivity index (χ3v) is 3.80. The Morgan fingerprint density at radius 2 is 2.11 bits per heavy atom. The molecule has 3 rings (SSSR count). The number of Topliss-reactive ketones (excluding diaryl/α,β-unsaturated/α-hetero) is 1. The zero-order chi connectivity index (χ0) is 13.2. The molecule has 2 heterocycles. The number of aromatic amines is 1. The van der Waals surface area contributed by atoms with Crippen molar-refractivity contribution in [2.75, 3.05) is 32.7 Å². The lowest BCUT2D eigenvalue weighted by Crippen LogP contribution is -2.45. The van der Waals surface area contributed by atoms with Gasteiger partial charge in [-0.25, -0.2) is 0 Å². The van der Waals surface area contributed by atoms with Crippen molar-refractivity contribution in [3.05, 3.63) is 35.5 Å². The van der Waals surface area contributed by atoms with E-state index in [2.05, 4.69) is 28.2 Å². The second-order valence-electron chi connectivity index (χ2n) is 5.15. The van der Waals surface area contributed by atoms with Crippen LogP contribution in [0.1, 0.15) is 15.9 Å². The van der Waals surface area contributed by atoms with Crippen LogP contribution in [0.5, 0.6) is 0 Å². The Balaban J connectivity index is 1.83. The third kappa shape index (κ3) is 2.41. The SMILES string of the molecule is Cc1cccc2c(C(=O)CN3CCNCC3)c[nH]c12. The van der Waals surface area contributed by atoms with E-state index in [0.29, 0.717) is 6.54 Å². The van der Waals surface area contributed by atoms with Crippen LogP contribution in [0.4, 0.5) is 0 Å². The van der Waals surface area contributed by atoms with Gasteiger partial charge in [-0.3, -0.25) is 9.69 Å². The van der Waals surface area contributed by atoms with Gasteiger partial charge in [-0.05, 0) is 12.5 Å². The number of rotatable bonds is 3. The fraction of sp³-hybridized carbons (Fsp3) is 0.400. The van der Waals surface area contributed by atoms with E-state index in [1.807, 2.05) is 18.3 Å². The number of fused-ring (bicyclic) bond motifs is 1. The van der Waals surface area contributed by atoms with Crippen LogP contribution in [0.3, 0.4) is 0 Å². The van der Waals surface area contributed by atoms with Crippen LogP contribution < -0.4 is 5.32 Å². The van der Waals surface area contributed by atoms with Crippen LogP contribution in [0, 0.1) is 6.92 Å². The number of ketones is 1. The maximum Gasteiger partial charge on any atom is 0.178 e. The smallest absolute Gasteiger partial charge is 0.178 e. The number of aromatic nitrogens is 1. The number of piperazine rings is 1. The van der Waals surface area contributed by atoms with E-state index in [4.69, 9.17) is 0 Å². The summed E-state index contributed by atoms with van der Waals surface area (Å²) in [7, 11) is 0. The molecule has 0 radical (unpaired) electrons. The highest BCUT2D eigenvalue weighted by Gasteiger charge is 2.17. The Hall–Kier alpha value is -1.65. The highest BCUT2D eigenvalue weighted by Crippen LogP contribution is 2.21. The van der Waals surface area contributed by atoms with Crippen molar-refractivity contribution in [3.63, 3.8) is 0 Å². The van der Waals surface area contributed by atoms with Gasteiger partial charge in [0.2, 0.25) is 0 Å². The van der Waals surface area contributed by atoms with Crippen LogP contribution in [-0.4, -0.2) is 48.4 Å². The Morgan fingerprint density at radius 3 is 2.89 bits per heavy atom. The third-order valence-electron chi connectivity index (χ3n) is 3.80. The number of carbonyl (C=O) groups excluding carboxylic acids is 1. The maximum absolute atomic E-state index is 12.4. The zero-order valence-electron chi connectivity index (χ0n) is 11.2. The topological polar surface area (TPSA) is 48.1 Å². The van der Waals surface area contributed by atoms with Crippen molar-refractivity contribution >= 4 is 16.7 Å². The van der Waals surface area contributed by atoms with Crippen LogP contribution >= 0.6 is 0 Å². The fourth-order valence-electron chi connectivity index (χ4n) is 2.69. The van der Waals surface area contributed by atoms with E-state index >= 15 is 0 Å². The van der Waals surface area contributed by atoms with Gasteiger partial charge in [-0.1, -0.05) is 18.2 Å². The molecule has 0 atom stereocenters. The largest absolute Gasteiger partial charge is 0.360 e. The summed E-state index contributed by atoms with van der Waals surface area (Å²) >= 11 is 0. The average Bonchev–Trinajstić information content (AvgIpc) is 2.85. The number of H-pyrrole nitrogens is 1. The molecule has 0 spiro atoms. The standard InChI is InChI=1S/C15H19N3O/c1-11-3-2-4-12-13(9-17-15(11)12)14(19)10-18-7-5-16-6-8-18/h2-4,9,16-17H,5-8,10H2,1H3. The van der Waals surface area contributed by atoms with Gasteiger partial charge in [0.05, 0.1) is 6.54 Å². The summed E-state index contributed by atoms with van der Waals surface area (Å²) in [5, 5.41) is 4.34. The lowest BCUT2D eigenvalue weighted by Gasteiger charge is -2.26. The number of nitrogens with one attached hydrogen (secondary N) is 2. The first kappa shape index (κ1) is 12.4. The van der Waals surface area contributed by atoms with Gasteiger partial charge in [-0.2, -0.15) is 0 Å². The average molecular weight is 257 g/mol. The van der Waals surface area contributed by atoms with E-state index in [0.717, 1.165) is 42.6 Å². The first-order chi connectivity index (χ1) is 9.25. The molecule has 4 nitrogen and oxygen atoms in total. The molecule has 1 fully saturated rings. The molecule has 19 heavy (non-hydrogen) atoms. The van der Waals surface area contributed by atoms with E-state index in [1.54, 1.807) is 0 Å². The second-order valence-corrected chi connectivity index (χ2v) is 5.15. The first-order valence-electron chi connectivity index (χ1n) is 6.78. The summed E-state index contributed by atoms with van der Waals surface area (Å²) in [5.74, 6) is 0.207. The Kier molecular flexibility index (Phi) is 3.36. The summed E-state index contributed by atoms with van der Waals surface area (Å²) in [4.78, 5) is 17.9. The van der Waals surface area contributed by atoms with Crippen LogP contribution in [-0.2, 0) is 0 Å². The van der Waals surface area contributed by atoms with Crippen LogP contribution in [0.25, 0.3) is 10.9 Å². The molecule has 4 heteroatoms. The molecule has 0 saturated carbocycles. The van der Waals surface area contributed by atoms with E-state index in [1.165, 1.54) is 5.56 Å². The highest BCUT2D eigenvalue weighted by atomic mass is 16.1. The predicted octanol–water partition coefficient (Wildman–Crippen LogP) is 1.56. The number of nitrogens with zero attached hydrogens (tertiary/aromatic N) is 1. The van der Waals surface area contributed by atoms with Gasteiger partial charge in [0.15, 0.2) is 5.78 Å². The lowest BCUT2D eigenvalue weighted by molar-refractivity contribution is 0.0923. The fourth-order valence-corrected chi connectivity index (χ4v) is 2.69. The summed E-state index contributed by atoms with van der Waals surface area (Å²) in [5.41, 5.74) is 3.07. The van der Waals surface area contributed by atoms with Gasteiger partial charge in [0, 0.05) is 48.8 Å². The molecule has 2 aromatic rings. The second kappa shape index (κ2) is 5.15. The molecule has 100 valence electrons. The summed E-state index contributed by atoms with van der Waals surface area (Å²) < 4.78 is 0. The molecular weight excluding hydrogens is 238 g/mol. The van der Waals surface area contributed by atoms with Crippen molar-refractivity contribution in [1.82, 2.24) is 15.2 Å². The number of hydrogen-bond acceptors (Lipinski definition) is 3. The molecule has 0 aliphatic carbocycles. The number of para-hydroxylation sites is 1. The summed E-state index contributed by atoms with van der Waals surface area (Å²) in [6, 6.07) is 6.08. The lowest BCUT2D eigenvalue weighted by atomic mass is 10.1. The van der Waals surface area contributed by atoms with Crippen molar-refractivity contribution in [2.45, 2.75) is 6.92 Å². The van der Waals surface area contributed by atoms with Crippen LogP contribution in [0.2, 0.25) is 0 Å². The van der Waals surface area contributed by atoms with E-state index in [-0.39, 0.29) is 5.78 Å². The summed E-state index contributed by atoms with van der Waals surface area (Å²) in [6.07, 6.45) is 1.85. The molecule has 0 unspecified atom stereocenters. The van der Waals surface area contributed by atoms with Crippen molar-refractivity contribution in [3.8, 4) is 0 Å². The first-order valence-corrected chi connectivity index (χ1v) is 6.78. The van der Waals surface area contributed by atoms with Gasteiger partial charge < -0.3 is 10.3 Å². The quantitative estimate of drug-likeness (QED) is 0.820. The van der Waals surface area contributed by atoms with Gasteiger partial charge in [0.25, 0.3) is 0 Å². The van der Waals surface area contributed by atoms with E-state index in [9.17, 15) is 4.79 Å². The van der Waals surface area contributed by atoms with Crippen molar-refractivity contribution < 1.29 is 4.79 Å². The van der Waals surface area contributed by atoms with Gasteiger partial charge >= 0.3 is 0 Å². The molecule has 2 N–H and O–H groups in total. The molecule has 0 amide bonds. The zero-order valence-corrected chi connectivity index (χ0v) is 11.2. The van der Waals surface area contributed by atoms with Gasteiger partial charge in [-0.15, -0.1) is 0 Å². The van der Waals surface area contributed by atoms with Crippen molar-refractivity contribution in [2.24, 2.45) is 0 Å².